The molecule has 21 heavy (non-hydrogen) atoms. The molecule has 1 atom stereocenters. The molecule has 0 aromatic heterocycles. The molecule has 0 saturated carbocycles. The van der Waals surface area contributed by atoms with E-state index < -0.39 is 0 Å². The smallest absolute Gasteiger partial charge is 0.0636 e. The van der Waals surface area contributed by atoms with Crippen molar-refractivity contribution in [1.29, 1.82) is 0 Å². The highest BCUT2D eigenvalue weighted by Crippen LogP contribution is 2.28. The third-order valence-electron chi connectivity index (χ3n) is 3.50. The normalized spacial score (nSPS) is 12.0. The second-order valence-electron chi connectivity index (χ2n) is 5.40. The maximum atomic E-state index is 5.95. The summed E-state index contributed by atoms with van der Waals surface area (Å²) < 4.78 is 1.05. The molecule has 0 spiro atoms. The number of anilines is 2. The van der Waals surface area contributed by atoms with Gasteiger partial charge >= 0.3 is 0 Å². The molecule has 2 rings (SSSR count). The predicted octanol–water partition coefficient (Wildman–Crippen LogP) is 3.94. The predicted molar refractivity (Wildman–Crippen MR) is 95.1 cm³/mol. The summed E-state index contributed by atoms with van der Waals surface area (Å²) in [5.74, 6) is 0. The summed E-state index contributed by atoms with van der Waals surface area (Å²) in [5, 5.41) is 3.52. The molecule has 0 aliphatic carbocycles. The van der Waals surface area contributed by atoms with Gasteiger partial charge in [-0.1, -0.05) is 18.2 Å². The van der Waals surface area contributed by atoms with Crippen molar-refractivity contribution in [3.63, 3.8) is 0 Å². The Hall–Kier alpha value is -1.52. The molecule has 0 aliphatic heterocycles. The molecule has 2 aromatic carbocycles. The van der Waals surface area contributed by atoms with Crippen molar-refractivity contribution in [1.82, 2.24) is 0 Å². The topological polar surface area (TPSA) is 41.3 Å². The van der Waals surface area contributed by atoms with Crippen molar-refractivity contribution >= 4 is 27.3 Å². The molecule has 0 aliphatic rings. The highest BCUT2D eigenvalue weighted by molar-refractivity contribution is 9.10. The lowest BCUT2D eigenvalue weighted by molar-refractivity contribution is 0.789. The molecule has 1 unspecified atom stereocenters. The van der Waals surface area contributed by atoms with E-state index in [2.05, 4.69) is 75.5 Å². The molecular formula is C17H22BrN3. The van der Waals surface area contributed by atoms with Gasteiger partial charge in [-0.3, -0.25) is 0 Å². The quantitative estimate of drug-likeness (QED) is 0.860. The van der Waals surface area contributed by atoms with E-state index in [0.29, 0.717) is 6.54 Å². The van der Waals surface area contributed by atoms with Crippen LogP contribution in [0.5, 0.6) is 0 Å². The summed E-state index contributed by atoms with van der Waals surface area (Å²) in [6.45, 7) is 2.63. The number of hydrogen-bond acceptors (Lipinski definition) is 3. The van der Waals surface area contributed by atoms with E-state index >= 15 is 0 Å². The Balaban J connectivity index is 2.21. The lowest BCUT2D eigenvalue weighted by Gasteiger charge is -2.21. The first-order valence-corrected chi connectivity index (χ1v) is 7.80. The molecule has 2 aromatic rings. The van der Waals surface area contributed by atoms with Gasteiger partial charge in [-0.05, 0) is 58.2 Å². The number of nitrogens with one attached hydrogen (secondary N) is 1. The number of halogens is 1. The van der Waals surface area contributed by atoms with Crippen LogP contribution in [0.3, 0.4) is 0 Å². The number of benzene rings is 2. The lowest BCUT2D eigenvalue weighted by Crippen LogP contribution is -2.21. The van der Waals surface area contributed by atoms with E-state index in [1.165, 1.54) is 16.8 Å². The van der Waals surface area contributed by atoms with Gasteiger partial charge in [-0.2, -0.15) is 0 Å². The minimum absolute atomic E-state index is 0.0966. The number of aryl methyl sites for hydroxylation is 1. The van der Waals surface area contributed by atoms with Crippen molar-refractivity contribution in [2.24, 2.45) is 5.73 Å². The molecule has 0 saturated heterocycles. The third-order valence-corrected chi connectivity index (χ3v) is 4.19. The van der Waals surface area contributed by atoms with Gasteiger partial charge < -0.3 is 16.0 Å². The average molecular weight is 348 g/mol. The summed E-state index contributed by atoms with van der Waals surface area (Å²) in [4.78, 5) is 2.09. The zero-order valence-corrected chi connectivity index (χ0v) is 14.3. The molecule has 3 N–H and O–H groups in total. The van der Waals surface area contributed by atoms with Crippen molar-refractivity contribution in [2.45, 2.75) is 13.0 Å². The molecule has 0 heterocycles. The van der Waals surface area contributed by atoms with Crippen LogP contribution in [0.2, 0.25) is 0 Å². The van der Waals surface area contributed by atoms with Gasteiger partial charge in [0.2, 0.25) is 0 Å². The molecule has 0 bridgehead atoms. The van der Waals surface area contributed by atoms with Gasteiger partial charge in [-0.15, -0.1) is 0 Å². The van der Waals surface area contributed by atoms with Crippen molar-refractivity contribution in [2.75, 3.05) is 30.9 Å². The van der Waals surface area contributed by atoms with E-state index in [4.69, 9.17) is 5.73 Å². The minimum Gasteiger partial charge on any atom is -0.378 e. The largest absolute Gasteiger partial charge is 0.378 e. The van der Waals surface area contributed by atoms with Crippen molar-refractivity contribution in [3.8, 4) is 0 Å². The number of nitrogens with zero attached hydrogens (tertiary/aromatic N) is 1. The van der Waals surface area contributed by atoms with Crippen molar-refractivity contribution < 1.29 is 0 Å². The fourth-order valence-electron chi connectivity index (χ4n) is 2.22. The lowest BCUT2D eigenvalue weighted by atomic mass is 10.1. The van der Waals surface area contributed by atoms with E-state index in [-0.39, 0.29) is 6.04 Å². The SMILES string of the molecule is Cc1ccc(Br)c(NC(CN)c2ccc(N(C)C)cc2)c1. The van der Waals surface area contributed by atoms with Gasteiger partial charge in [0.05, 0.1) is 6.04 Å². The zero-order valence-electron chi connectivity index (χ0n) is 12.7. The van der Waals surface area contributed by atoms with Crippen LogP contribution in [-0.4, -0.2) is 20.6 Å². The van der Waals surface area contributed by atoms with Crippen molar-refractivity contribution in [3.05, 3.63) is 58.1 Å². The second kappa shape index (κ2) is 6.96. The Labute approximate surface area is 135 Å². The Morgan fingerprint density at radius 2 is 1.81 bits per heavy atom. The molecule has 112 valence electrons. The first-order valence-electron chi connectivity index (χ1n) is 7.01. The number of hydrogen-bond donors (Lipinski definition) is 2. The van der Waals surface area contributed by atoms with Gasteiger partial charge in [0.25, 0.3) is 0 Å². The fourth-order valence-corrected chi connectivity index (χ4v) is 2.58. The zero-order chi connectivity index (χ0) is 15.4. The summed E-state index contributed by atoms with van der Waals surface area (Å²) in [6.07, 6.45) is 0. The molecule has 4 heteroatoms. The van der Waals surface area contributed by atoms with Crippen LogP contribution in [0.4, 0.5) is 11.4 Å². The van der Waals surface area contributed by atoms with E-state index in [1.54, 1.807) is 0 Å². The standard InChI is InChI=1S/C17H22BrN3/c1-12-4-9-15(18)16(10-12)20-17(11-19)13-5-7-14(8-6-13)21(2)3/h4-10,17,20H,11,19H2,1-3H3. The van der Waals surface area contributed by atoms with E-state index in [0.717, 1.165) is 10.2 Å². The Morgan fingerprint density at radius 3 is 2.38 bits per heavy atom. The fraction of sp³-hybridized carbons (Fsp3) is 0.294. The molecule has 0 amide bonds. The van der Waals surface area contributed by atoms with E-state index in [9.17, 15) is 0 Å². The highest BCUT2D eigenvalue weighted by Gasteiger charge is 2.11. The maximum Gasteiger partial charge on any atom is 0.0636 e. The van der Waals surface area contributed by atoms with Crippen LogP contribution in [-0.2, 0) is 0 Å². The van der Waals surface area contributed by atoms with Crippen LogP contribution < -0.4 is 16.0 Å². The summed E-state index contributed by atoms with van der Waals surface area (Å²) in [5.41, 5.74) is 10.6. The third kappa shape index (κ3) is 3.99. The maximum absolute atomic E-state index is 5.95. The van der Waals surface area contributed by atoms with Gasteiger partial charge in [0.1, 0.15) is 0 Å². The van der Waals surface area contributed by atoms with E-state index in [1.807, 2.05) is 14.1 Å². The van der Waals surface area contributed by atoms with Crippen LogP contribution in [0.1, 0.15) is 17.2 Å². The Morgan fingerprint density at radius 1 is 1.14 bits per heavy atom. The molecule has 3 nitrogen and oxygen atoms in total. The average Bonchev–Trinajstić information content (AvgIpc) is 2.48. The van der Waals surface area contributed by atoms with Crippen LogP contribution in [0, 0.1) is 6.92 Å². The van der Waals surface area contributed by atoms with Gasteiger partial charge in [0.15, 0.2) is 0 Å². The number of rotatable bonds is 5. The molecular weight excluding hydrogens is 326 g/mol. The minimum atomic E-state index is 0.0966. The highest BCUT2D eigenvalue weighted by atomic mass is 79.9. The summed E-state index contributed by atoms with van der Waals surface area (Å²) in [7, 11) is 4.08. The molecule has 0 radical (unpaired) electrons. The number of nitrogens with two attached hydrogens (primary N) is 1. The van der Waals surface area contributed by atoms with Gasteiger partial charge in [0, 0.05) is 36.5 Å². The Bertz CT molecular complexity index is 593. The monoisotopic (exact) mass is 347 g/mol. The molecule has 0 fully saturated rings. The van der Waals surface area contributed by atoms with Crippen LogP contribution in [0.25, 0.3) is 0 Å². The van der Waals surface area contributed by atoms with Crippen LogP contribution >= 0.6 is 15.9 Å². The second-order valence-corrected chi connectivity index (χ2v) is 6.26. The van der Waals surface area contributed by atoms with Crippen LogP contribution in [0.15, 0.2) is 46.9 Å². The van der Waals surface area contributed by atoms with Gasteiger partial charge in [-0.25, -0.2) is 0 Å². The Kier molecular flexibility index (Phi) is 5.26. The first kappa shape index (κ1) is 15.9. The first-order chi connectivity index (χ1) is 10.0. The summed E-state index contributed by atoms with van der Waals surface area (Å²) >= 11 is 3.58. The summed E-state index contributed by atoms with van der Waals surface area (Å²) in [6, 6.07) is 14.8.